The van der Waals surface area contributed by atoms with E-state index in [1.807, 2.05) is 6.92 Å². The van der Waals surface area contributed by atoms with Crippen molar-refractivity contribution in [2.75, 3.05) is 0 Å². The van der Waals surface area contributed by atoms with Crippen molar-refractivity contribution in [2.45, 2.75) is 56.0 Å². The molecule has 1 saturated carbocycles. The van der Waals surface area contributed by atoms with Crippen molar-refractivity contribution in [1.82, 2.24) is 4.72 Å². The monoisotopic (exact) mass is 316 g/mol. The average molecular weight is 317 g/mol. The van der Waals surface area contributed by atoms with Gasteiger partial charge >= 0.3 is 0 Å². The number of hydrogen-bond donors (Lipinski definition) is 2. The first-order valence-electron chi connectivity index (χ1n) is 6.94. The molecule has 0 bridgehead atoms. The molecule has 1 fully saturated rings. The minimum Gasteiger partial charge on any atom is -0.326 e. The fourth-order valence-electron chi connectivity index (χ4n) is 2.57. The van der Waals surface area contributed by atoms with Crippen LogP contribution in [0.2, 0.25) is 5.02 Å². The van der Waals surface area contributed by atoms with Gasteiger partial charge in [-0.05, 0) is 37.5 Å². The molecule has 1 aromatic rings. The highest BCUT2D eigenvalue weighted by Crippen LogP contribution is 2.24. The number of benzene rings is 1. The van der Waals surface area contributed by atoms with E-state index in [9.17, 15) is 8.42 Å². The SMILES string of the molecule is Cc1ccc(S(=O)(=O)NC2CCCCCC2N)c(Cl)c1. The van der Waals surface area contributed by atoms with Gasteiger partial charge < -0.3 is 5.73 Å². The van der Waals surface area contributed by atoms with Crippen molar-refractivity contribution in [2.24, 2.45) is 5.73 Å². The molecule has 0 heterocycles. The van der Waals surface area contributed by atoms with Gasteiger partial charge in [0.25, 0.3) is 0 Å². The van der Waals surface area contributed by atoms with Crippen LogP contribution in [-0.4, -0.2) is 20.5 Å². The maximum Gasteiger partial charge on any atom is 0.242 e. The summed E-state index contributed by atoms with van der Waals surface area (Å²) in [4.78, 5) is 0.126. The number of nitrogens with two attached hydrogens (primary N) is 1. The molecule has 112 valence electrons. The third kappa shape index (κ3) is 3.73. The maximum absolute atomic E-state index is 12.4. The summed E-state index contributed by atoms with van der Waals surface area (Å²) in [6.07, 6.45) is 4.81. The number of hydrogen-bond acceptors (Lipinski definition) is 3. The van der Waals surface area contributed by atoms with E-state index >= 15 is 0 Å². The van der Waals surface area contributed by atoms with Crippen LogP contribution in [0.4, 0.5) is 0 Å². The molecule has 0 aliphatic heterocycles. The van der Waals surface area contributed by atoms with Gasteiger partial charge in [-0.3, -0.25) is 0 Å². The summed E-state index contributed by atoms with van der Waals surface area (Å²) < 4.78 is 27.6. The second-order valence-electron chi connectivity index (χ2n) is 5.46. The van der Waals surface area contributed by atoms with Crippen LogP contribution >= 0.6 is 11.6 Å². The lowest BCUT2D eigenvalue weighted by Gasteiger charge is -2.22. The minimum absolute atomic E-state index is 0.126. The molecule has 0 amide bonds. The molecule has 1 aromatic carbocycles. The first-order valence-corrected chi connectivity index (χ1v) is 8.80. The molecule has 3 N–H and O–H groups in total. The zero-order valence-electron chi connectivity index (χ0n) is 11.6. The van der Waals surface area contributed by atoms with Gasteiger partial charge in [-0.1, -0.05) is 36.9 Å². The van der Waals surface area contributed by atoms with Gasteiger partial charge in [-0.25, -0.2) is 13.1 Å². The van der Waals surface area contributed by atoms with E-state index in [0.29, 0.717) is 0 Å². The van der Waals surface area contributed by atoms with Crippen molar-refractivity contribution in [3.05, 3.63) is 28.8 Å². The van der Waals surface area contributed by atoms with E-state index in [1.165, 1.54) is 0 Å². The smallest absolute Gasteiger partial charge is 0.242 e. The van der Waals surface area contributed by atoms with Crippen molar-refractivity contribution in [3.8, 4) is 0 Å². The summed E-state index contributed by atoms with van der Waals surface area (Å²) in [5.41, 5.74) is 7.00. The summed E-state index contributed by atoms with van der Waals surface area (Å²) in [5.74, 6) is 0. The molecule has 2 rings (SSSR count). The molecule has 6 heteroatoms. The Morgan fingerprint density at radius 1 is 1.25 bits per heavy atom. The first-order chi connectivity index (χ1) is 9.40. The molecule has 0 radical (unpaired) electrons. The van der Waals surface area contributed by atoms with Gasteiger partial charge in [0, 0.05) is 12.1 Å². The Morgan fingerprint density at radius 3 is 2.65 bits per heavy atom. The second kappa shape index (κ2) is 6.43. The molecule has 2 atom stereocenters. The van der Waals surface area contributed by atoms with Gasteiger partial charge in [0.2, 0.25) is 10.0 Å². The van der Waals surface area contributed by atoms with Crippen molar-refractivity contribution in [1.29, 1.82) is 0 Å². The summed E-state index contributed by atoms with van der Waals surface area (Å²) in [6.45, 7) is 1.87. The Hall–Kier alpha value is -0.620. The lowest BCUT2D eigenvalue weighted by Crippen LogP contribution is -2.46. The molecule has 1 aliphatic rings. The minimum atomic E-state index is -3.62. The standard InChI is InChI=1S/C14H21ClN2O2S/c1-10-7-8-14(11(15)9-10)20(18,19)17-13-6-4-2-3-5-12(13)16/h7-9,12-13,17H,2-6,16H2,1H3. The Bertz CT molecular complexity index is 575. The number of aryl methyl sites for hydroxylation is 1. The lowest BCUT2D eigenvalue weighted by molar-refractivity contribution is 0.456. The van der Waals surface area contributed by atoms with Gasteiger partial charge in [0.15, 0.2) is 0 Å². The molecular weight excluding hydrogens is 296 g/mol. The zero-order chi connectivity index (χ0) is 14.8. The molecule has 4 nitrogen and oxygen atoms in total. The fourth-order valence-corrected chi connectivity index (χ4v) is 4.49. The number of halogens is 1. The molecule has 0 aromatic heterocycles. The summed E-state index contributed by atoms with van der Waals surface area (Å²) in [7, 11) is -3.62. The van der Waals surface area contributed by atoms with Crippen LogP contribution in [0.3, 0.4) is 0 Å². The topological polar surface area (TPSA) is 72.2 Å². The van der Waals surface area contributed by atoms with E-state index in [0.717, 1.165) is 37.7 Å². The lowest BCUT2D eigenvalue weighted by atomic mass is 10.1. The summed E-state index contributed by atoms with van der Waals surface area (Å²) in [5, 5.41) is 0.250. The van der Waals surface area contributed by atoms with Crippen LogP contribution in [0.5, 0.6) is 0 Å². The van der Waals surface area contributed by atoms with Crippen LogP contribution in [0, 0.1) is 6.92 Å². The van der Waals surface area contributed by atoms with Gasteiger partial charge in [-0.15, -0.1) is 0 Å². The summed E-state index contributed by atoms with van der Waals surface area (Å²) >= 11 is 6.05. The highest BCUT2D eigenvalue weighted by molar-refractivity contribution is 7.89. The molecule has 0 saturated heterocycles. The van der Waals surface area contributed by atoms with Crippen LogP contribution < -0.4 is 10.5 Å². The Labute approximate surface area is 125 Å². The van der Waals surface area contributed by atoms with Gasteiger partial charge in [-0.2, -0.15) is 0 Å². The highest BCUT2D eigenvalue weighted by atomic mass is 35.5. The molecule has 1 aliphatic carbocycles. The van der Waals surface area contributed by atoms with Crippen LogP contribution in [0.25, 0.3) is 0 Å². The van der Waals surface area contributed by atoms with E-state index in [2.05, 4.69) is 4.72 Å². The fraction of sp³-hybridized carbons (Fsp3) is 0.571. The van der Waals surface area contributed by atoms with Crippen LogP contribution in [0.15, 0.2) is 23.1 Å². The third-order valence-electron chi connectivity index (χ3n) is 3.75. The zero-order valence-corrected chi connectivity index (χ0v) is 13.2. The Morgan fingerprint density at radius 2 is 1.95 bits per heavy atom. The van der Waals surface area contributed by atoms with Crippen molar-refractivity contribution in [3.63, 3.8) is 0 Å². The maximum atomic E-state index is 12.4. The Balaban J connectivity index is 2.21. The number of rotatable bonds is 3. The highest BCUT2D eigenvalue weighted by Gasteiger charge is 2.27. The van der Waals surface area contributed by atoms with Gasteiger partial charge in [0.05, 0.1) is 5.02 Å². The second-order valence-corrected chi connectivity index (χ2v) is 7.55. The predicted molar refractivity (Wildman–Crippen MR) is 81.4 cm³/mol. The van der Waals surface area contributed by atoms with Crippen molar-refractivity contribution < 1.29 is 8.42 Å². The normalized spacial score (nSPS) is 24.4. The van der Waals surface area contributed by atoms with Crippen LogP contribution in [-0.2, 0) is 10.0 Å². The number of sulfonamides is 1. The number of nitrogens with one attached hydrogen (secondary N) is 1. The van der Waals surface area contributed by atoms with Crippen molar-refractivity contribution >= 4 is 21.6 Å². The van der Waals surface area contributed by atoms with E-state index in [4.69, 9.17) is 17.3 Å². The van der Waals surface area contributed by atoms with Gasteiger partial charge in [0.1, 0.15) is 4.90 Å². The first kappa shape index (κ1) is 15.8. The van der Waals surface area contributed by atoms with Crippen LogP contribution in [0.1, 0.15) is 37.7 Å². The largest absolute Gasteiger partial charge is 0.326 e. The van der Waals surface area contributed by atoms with E-state index in [-0.39, 0.29) is 22.0 Å². The van der Waals surface area contributed by atoms with E-state index in [1.54, 1.807) is 18.2 Å². The molecule has 2 unspecified atom stereocenters. The predicted octanol–water partition coefficient (Wildman–Crippen LogP) is 2.59. The molecule has 20 heavy (non-hydrogen) atoms. The Kier molecular flexibility index (Phi) is 5.07. The summed E-state index contributed by atoms with van der Waals surface area (Å²) in [6, 6.07) is 4.61. The van der Waals surface area contributed by atoms with E-state index < -0.39 is 10.0 Å². The molecular formula is C14H21ClN2O2S. The molecule has 0 spiro atoms. The third-order valence-corrected chi connectivity index (χ3v) is 5.73. The average Bonchev–Trinajstić information content (AvgIpc) is 2.54. The quantitative estimate of drug-likeness (QED) is 0.842.